The summed E-state index contributed by atoms with van der Waals surface area (Å²) >= 11 is 2.01. The van der Waals surface area contributed by atoms with E-state index in [0.717, 1.165) is 5.56 Å². The predicted octanol–water partition coefficient (Wildman–Crippen LogP) is 3.58. The molecule has 0 radical (unpaired) electrons. The van der Waals surface area contributed by atoms with Gasteiger partial charge in [-0.3, -0.25) is 4.79 Å². The largest absolute Gasteiger partial charge is 0.492 e. The lowest BCUT2D eigenvalue weighted by atomic mass is 9.97. The SMILES string of the molecule is C[C@@H]1C(=O)C(I)=CO[C@@H]1/C=C/c1ccccc1. The highest BCUT2D eigenvalue weighted by molar-refractivity contribution is 14.1. The van der Waals surface area contributed by atoms with Crippen LogP contribution >= 0.6 is 22.6 Å². The molecular formula is C14H13IO2. The molecule has 1 heterocycles. The van der Waals surface area contributed by atoms with Gasteiger partial charge in [0.1, 0.15) is 12.4 Å². The summed E-state index contributed by atoms with van der Waals surface area (Å²) in [4.78, 5) is 11.8. The third-order valence-corrected chi connectivity index (χ3v) is 3.53. The number of ketones is 1. The molecule has 0 aromatic heterocycles. The summed E-state index contributed by atoms with van der Waals surface area (Å²) in [7, 11) is 0. The number of hydrogen-bond acceptors (Lipinski definition) is 2. The van der Waals surface area contributed by atoms with Gasteiger partial charge >= 0.3 is 0 Å². The summed E-state index contributed by atoms with van der Waals surface area (Å²) in [5.74, 6) is 0.0337. The van der Waals surface area contributed by atoms with Gasteiger partial charge in [-0.15, -0.1) is 0 Å². The van der Waals surface area contributed by atoms with E-state index in [9.17, 15) is 4.79 Å². The van der Waals surface area contributed by atoms with E-state index in [1.54, 1.807) is 6.26 Å². The van der Waals surface area contributed by atoms with Crippen molar-refractivity contribution in [2.45, 2.75) is 13.0 Å². The number of carbonyl (C=O) groups excluding carboxylic acids is 1. The lowest BCUT2D eigenvalue weighted by Crippen LogP contribution is -2.29. The minimum atomic E-state index is -0.166. The number of benzene rings is 1. The molecule has 3 heteroatoms. The van der Waals surface area contributed by atoms with Gasteiger partial charge in [-0.1, -0.05) is 43.3 Å². The van der Waals surface area contributed by atoms with Crippen LogP contribution in [0.2, 0.25) is 0 Å². The van der Waals surface area contributed by atoms with E-state index < -0.39 is 0 Å². The Bertz CT molecular complexity index is 462. The normalized spacial score (nSPS) is 24.6. The molecule has 0 fully saturated rings. The number of allylic oxidation sites excluding steroid dienone is 1. The molecule has 0 amide bonds. The Labute approximate surface area is 115 Å². The first-order chi connectivity index (χ1) is 8.18. The monoisotopic (exact) mass is 340 g/mol. The van der Waals surface area contributed by atoms with Crippen molar-refractivity contribution in [3.8, 4) is 0 Å². The van der Waals surface area contributed by atoms with Crippen molar-refractivity contribution in [3.63, 3.8) is 0 Å². The molecule has 1 aromatic carbocycles. The average molecular weight is 340 g/mol. The first kappa shape index (κ1) is 12.4. The summed E-state index contributed by atoms with van der Waals surface area (Å²) in [5.41, 5.74) is 1.11. The van der Waals surface area contributed by atoms with Gasteiger partial charge in [0.25, 0.3) is 0 Å². The maximum Gasteiger partial charge on any atom is 0.178 e. The maximum absolute atomic E-state index is 11.8. The van der Waals surface area contributed by atoms with Crippen LogP contribution < -0.4 is 0 Å². The highest BCUT2D eigenvalue weighted by Crippen LogP contribution is 2.25. The smallest absolute Gasteiger partial charge is 0.178 e. The van der Waals surface area contributed by atoms with Crippen molar-refractivity contribution in [2.24, 2.45) is 5.92 Å². The number of carbonyl (C=O) groups is 1. The van der Waals surface area contributed by atoms with Crippen molar-refractivity contribution in [2.75, 3.05) is 0 Å². The average Bonchev–Trinajstić information content (AvgIpc) is 2.36. The van der Waals surface area contributed by atoms with Crippen LogP contribution in [-0.2, 0) is 9.53 Å². The van der Waals surface area contributed by atoms with E-state index in [0.29, 0.717) is 3.58 Å². The molecule has 2 rings (SSSR count). The fraction of sp³-hybridized carbons (Fsp3) is 0.214. The van der Waals surface area contributed by atoms with Gasteiger partial charge in [-0.2, -0.15) is 0 Å². The molecule has 0 saturated heterocycles. The van der Waals surface area contributed by atoms with Crippen LogP contribution in [0.4, 0.5) is 0 Å². The summed E-state index contributed by atoms with van der Waals surface area (Å²) in [6, 6.07) is 9.99. The van der Waals surface area contributed by atoms with Crippen LogP contribution in [0.3, 0.4) is 0 Å². The van der Waals surface area contributed by atoms with Crippen molar-refractivity contribution >= 4 is 34.5 Å². The van der Waals surface area contributed by atoms with Crippen LogP contribution in [0.25, 0.3) is 6.08 Å². The van der Waals surface area contributed by atoms with Gasteiger partial charge in [-0.05, 0) is 34.2 Å². The molecule has 1 aliphatic rings. The predicted molar refractivity (Wildman–Crippen MR) is 76.6 cm³/mol. The van der Waals surface area contributed by atoms with Gasteiger partial charge in [0.2, 0.25) is 0 Å². The molecule has 1 aliphatic heterocycles. The van der Waals surface area contributed by atoms with E-state index in [1.807, 2.05) is 72.0 Å². The minimum Gasteiger partial charge on any atom is -0.492 e. The highest BCUT2D eigenvalue weighted by atomic mass is 127. The molecule has 0 spiro atoms. The first-order valence-electron chi connectivity index (χ1n) is 5.47. The van der Waals surface area contributed by atoms with Gasteiger partial charge in [-0.25, -0.2) is 0 Å². The van der Waals surface area contributed by atoms with Crippen LogP contribution in [-0.4, -0.2) is 11.9 Å². The topological polar surface area (TPSA) is 26.3 Å². The fourth-order valence-corrected chi connectivity index (χ4v) is 2.30. The molecule has 0 N–H and O–H groups in total. The van der Waals surface area contributed by atoms with Crippen molar-refractivity contribution < 1.29 is 9.53 Å². The number of Topliss-reactive ketones (excluding diaryl/α,β-unsaturated/α-hetero) is 1. The summed E-state index contributed by atoms with van der Waals surface area (Å²) in [6.07, 6.45) is 5.31. The molecule has 2 nitrogen and oxygen atoms in total. The first-order valence-corrected chi connectivity index (χ1v) is 6.55. The molecule has 0 bridgehead atoms. The summed E-state index contributed by atoms with van der Waals surface area (Å²) in [5, 5.41) is 0. The Kier molecular flexibility index (Phi) is 3.99. The lowest BCUT2D eigenvalue weighted by Gasteiger charge is -2.23. The molecule has 1 aromatic rings. The van der Waals surface area contributed by atoms with E-state index >= 15 is 0 Å². The Morgan fingerprint density at radius 1 is 1.29 bits per heavy atom. The number of rotatable bonds is 2. The fourth-order valence-electron chi connectivity index (χ4n) is 1.66. The number of ether oxygens (including phenoxy) is 1. The quantitative estimate of drug-likeness (QED) is 0.770. The highest BCUT2D eigenvalue weighted by Gasteiger charge is 2.28. The molecule has 0 saturated carbocycles. The van der Waals surface area contributed by atoms with Gasteiger partial charge in [0.15, 0.2) is 5.78 Å². The number of halogens is 1. The zero-order valence-corrected chi connectivity index (χ0v) is 11.6. The zero-order chi connectivity index (χ0) is 12.3. The van der Waals surface area contributed by atoms with Gasteiger partial charge in [0, 0.05) is 0 Å². The summed E-state index contributed by atoms with van der Waals surface area (Å²) < 4.78 is 6.18. The molecular weight excluding hydrogens is 327 g/mol. The van der Waals surface area contributed by atoms with E-state index in [1.165, 1.54) is 0 Å². The second-order valence-corrected chi connectivity index (χ2v) is 5.15. The van der Waals surface area contributed by atoms with E-state index in [2.05, 4.69) is 0 Å². The van der Waals surface area contributed by atoms with Crippen molar-refractivity contribution in [1.29, 1.82) is 0 Å². The van der Waals surface area contributed by atoms with Crippen LogP contribution in [0.15, 0.2) is 46.2 Å². The number of hydrogen-bond donors (Lipinski definition) is 0. The van der Waals surface area contributed by atoms with Crippen LogP contribution in [0, 0.1) is 5.92 Å². The molecule has 2 atom stereocenters. The van der Waals surface area contributed by atoms with Crippen molar-refractivity contribution in [3.05, 3.63) is 51.8 Å². The van der Waals surface area contributed by atoms with Crippen LogP contribution in [0.5, 0.6) is 0 Å². The second kappa shape index (κ2) is 5.49. The molecule has 17 heavy (non-hydrogen) atoms. The lowest BCUT2D eigenvalue weighted by molar-refractivity contribution is -0.121. The van der Waals surface area contributed by atoms with Gasteiger partial charge < -0.3 is 4.74 Å². The van der Waals surface area contributed by atoms with E-state index in [-0.39, 0.29) is 17.8 Å². The Morgan fingerprint density at radius 3 is 2.71 bits per heavy atom. The van der Waals surface area contributed by atoms with Crippen LogP contribution in [0.1, 0.15) is 12.5 Å². The third kappa shape index (κ3) is 2.97. The standard InChI is InChI=1S/C14H13IO2/c1-10-13(17-9-12(15)14(10)16)8-7-11-5-3-2-4-6-11/h2-10,13H,1H3/b8-7+/t10-,13+/m0/s1. The summed E-state index contributed by atoms with van der Waals surface area (Å²) in [6.45, 7) is 1.90. The Morgan fingerprint density at radius 2 is 2.00 bits per heavy atom. The van der Waals surface area contributed by atoms with Gasteiger partial charge in [0.05, 0.1) is 9.50 Å². The Hall–Kier alpha value is -1.10. The molecule has 88 valence electrons. The van der Waals surface area contributed by atoms with Crippen molar-refractivity contribution in [1.82, 2.24) is 0 Å². The maximum atomic E-state index is 11.8. The van der Waals surface area contributed by atoms with E-state index in [4.69, 9.17) is 4.74 Å². The minimum absolute atomic E-state index is 0.119. The zero-order valence-electron chi connectivity index (χ0n) is 9.47. The second-order valence-electron chi connectivity index (χ2n) is 3.99. The third-order valence-electron chi connectivity index (χ3n) is 2.75. The molecule has 0 unspecified atom stereocenters. The Balaban J connectivity index is 2.10. The molecule has 0 aliphatic carbocycles.